The number of nitrogens with zero attached hydrogens (tertiary/aromatic N) is 1. The van der Waals surface area contributed by atoms with Gasteiger partial charge in [0.15, 0.2) is 0 Å². The third-order valence-electron chi connectivity index (χ3n) is 3.87. The summed E-state index contributed by atoms with van der Waals surface area (Å²) in [5, 5.41) is 5.41. The molecule has 1 aromatic carbocycles. The van der Waals surface area contributed by atoms with Gasteiger partial charge >= 0.3 is 0 Å². The topological polar surface area (TPSA) is 78.5 Å². The van der Waals surface area contributed by atoms with Gasteiger partial charge in [-0.1, -0.05) is 0 Å². The molecule has 3 amide bonds. The van der Waals surface area contributed by atoms with Crippen molar-refractivity contribution in [3.8, 4) is 0 Å². The van der Waals surface area contributed by atoms with Gasteiger partial charge in [-0.3, -0.25) is 14.4 Å². The van der Waals surface area contributed by atoms with Crippen LogP contribution in [0.25, 0.3) is 0 Å². The molecule has 116 valence electrons. The Balaban J connectivity index is 1.53. The Kier molecular flexibility index (Phi) is 4.09. The first kappa shape index (κ1) is 14.6. The van der Waals surface area contributed by atoms with E-state index in [1.807, 2.05) is 0 Å². The molecule has 6 nitrogen and oxygen atoms in total. The number of carbonyl (C=O) groups excluding carboxylic acids is 3. The van der Waals surface area contributed by atoms with Crippen molar-refractivity contribution in [2.45, 2.75) is 31.7 Å². The van der Waals surface area contributed by atoms with Crippen LogP contribution in [-0.2, 0) is 9.59 Å². The van der Waals surface area contributed by atoms with Gasteiger partial charge in [-0.25, -0.2) is 0 Å². The lowest BCUT2D eigenvalue weighted by Gasteiger charge is -2.15. The normalized spacial score (nSPS) is 17.5. The molecule has 0 atom stereocenters. The Bertz CT molecular complexity index is 593. The lowest BCUT2D eigenvalue weighted by Crippen LogP contribution is -2.37. The Hall–Kier alpha value is -2.37. The number of rotatable bonds is 5. The summed E-state index contributed by atoms with van der Waals surface area (Å²) >= 11 is 0. The minimum absolute atomic E-state index is 0.0122. The van der Waals surface area contributed by atoms with Gasteiger partial charge in [0.25, 0.3) is 5.91 Å². The number of hydrogen-bond donors (Lipinski definition) is 2. The van der Waals surface area contributed by atoms with Crippen molar-refractivity contribution in [1.82, 2.24) is 10.6 Å². The first-order chi connectivity index (χ1) is 10.6. The molecule has 22 heavy (non-hydrogen) atoms. The van der Waals surface area contributed by atoms with Crippen molar-refractivity contribution in [2.24, 2.45) is 0 Å². The van der Waals surface area contributed by atoms with Crippen molar-refractivity contribution in [3.63, 3.8) is 0 Å². The molecule has 1 saturated carbocycles. The lowest BCUT2D eigenvalue weighted by molar-refractivity contribution is -0.120. The molecule has 1 aromatic rings. The molecule has 2 fully saturated rings. The van der Waals surface area contributed by atoms with Crippen molar-refractivity contribution < 1.29 is 14.4 Å². The zero-order valence-corrected chi connectivity index (χ0v) is 12.3. The fraction of sp³-hybridized carbons (Fsp3) is 0.438. The maximum atomic E-state index is 12.0. The monoisotopic (exact) mass is 301 g/mol. The van der Waals surface area contributed by atoms with Crippen LogP contribution in [0.5, 0.6) is 0 Å². The van der Waals surface area contributed by atoms with Gasteiger partial charge in [0.2, 0.25) is 11.8 Å². The lowest BCUT2D eigenvalue weighted by atomic mass is 10.2. The number of anilines is 1. The van der Waals surface area contributed by atoms with Crippen molar-refractivity contribution in [1.29, 1.82) is 0 Å². The summed E-state index contributed by atoms with van der Waals surface area (Å²) in [4.78, 5) is 36.9. The number of hydrogen-bond acceptors (Lipinski definition) is 3. The third-order valence-corrected chi connectivity index (χ3v) is 3.87. The van der Waals surface area contributed by atoms with E-state index in [0.29, 0.717) is 18.0 Å². The highest BCUT2D eigenvalue weighted by molar-refractivity contribution is 5.98. The molecule has 0 bridgehead atoms. The summed E-state index contributed by atoms with van der Waals surface area (Å²) in [6.07, 6.45) is 3.50. The van der Waals surface area contributed by atoms with Gasteiger partial charge in [-0.2, -0.15) is 0 Å². The highest BCUT2D eigenvalue weighted by Crippen LogP contribution is 2.21. The maximum absolute atomic E-state index is 12.0. The Morgan fingerprint density at radius 1 is 1.18 bits per heavy atom. The molecule has 1 aliphatic carbocycles. The van der Waals surface area contributed by atoms with E-state index in [0.717, 1.165) is 31.5 Å². The Morgan fingerprint density at radius 2 is 1.91 bits per heavy atom. The molecule has 0 spiro atoms. The molecule has 6 heteroatoms. The summed E-state index contributed by atoms with van der Waals surface area (Å²) in [6.45, 7) is 0.716. The van der Waals surface area contributed by atoms with E-state index in [9.17, 15) is 14.4 Å². The molecular formula is C16H19N3O3. The summed E-state index contributed by atoms with van der Waals surface area (Å²) < 4.78 is 0. The first-order valence-electron chi connectivity index (χ1n) is 7.61. The minimum Gasteiger partial charge on any atom is -0.352 e. The number of carbonyl (C=O) groups is 3. The van der Waals surface area contributed by atoms with Gasteiger partial charge in [0, 0.05) is 30.3 Å². The van der Waals surface area contributed by atoms with Crippen LogP contribution in [0, 0.1) is 0 Å². The van der Waals surface area contributed by atoms with Gasteiger partial charge in [0.1, 0.15) is 0 Å². The molecular weight excluding hydrogens is 282 g/mol. The summed E-state index contributed by atoms with van der Waals surface area (Å²) in [6, 6.07) is 7.18. The second-order valence-electron chi connectivity index (χ2n) is 5.72. The zero-order chi connectivity index (χ0) is 15.5. The number of nitrogens with one attached hydrogen (secondary N) is 2. The molecule has 0 aromatic heterocycles. The van der Waals surface area contributed by atoms with E-state index < -0.39 is 0 Å². The fourth-order valence-electron chi connectivity index (χ4n) is 2.48. The van der Waals surface area contributed by atoms with Gasteiger partial charge < -0.3 is 15.5 Å². The molecule has 0 unspecified atom stereocenters. The van der Waals surface area contributed by atoms with E-state index in [1.165, 1.54) is 0 Å². The molecule has 2 aliphatic rings. The standard InChI is InChI=1S/C16H19N3O3/c20-14(18-12-5-6-12)10-17-16(22)11-3-7-13(8-4-11)19-9-1-2-15(19)21/h3-4,7-8,12H,1-2,5-6,9-10H2,(H,17,22)(H,18,20). The minimum atomic E-state index is -0.287. The van der Waals surface area contributed by atoms with E-state index in [1.54, 1.807) is 29.2 Å². The molecule has 2 N–H and O–H groups in total. The molecule has 0 radical (unpaired) electrons. The fourth-order valence-corrected chi connectivity index (χ4v) is 2.48. The summed E-state index contributed by atoms with van der Waals surface area (Å²) in [5.41, 5.74) is 1.29. The van der Waals surface area contributed by atoms with Crippen molar-refractivity contribution >= 4 is 23.4 Å². The van der Waals surface area contributed by atoms with Crippen LogP contribution >= 0.6 is 0 Å². The average Bonchev–Trinajstić information content (AvgIpc) is 3.23. The highest BCUT2D eigenvalue weighted by Gasteiger charge is 2.23. The zero-order valence-electron chi connectivity index (χ0n) is 12.3. The maximum Gasteiger partial charge on any atom is 0.251 e. The van der Waals surface area contributed by atoms with E-state index in [-0.39, 0.29) is 24.3 Å². The molecule has 1 aliphatic heterocycles. The predicted octanol–water partition coefficient (Wildman–Crippen LogP) is 0.822. The largest absolute Gasteiger partial charge is 0.352 e. The van der Waals surface area contributed by atoms with Crippen LogP contribution in [0.15, 0.2) is 24.3 Å². The Morgan fingerprint density at radius 3 is 2.50 bits per heavy atom. The van der Waals surface area contributed by atoms with E-state index in [4.69, 9.17) is 0 Å². The van der Waals surface area contributed by atoms with E-state index in [2.05, 4.69) is 10.6 Å². The van der Waals surface area contributed by atoms with Crippen molar-refractivity contribution in [3.05, 3.63) is 29.8 Å². The first-order valence-corrected chi connectivity index (χ1v) is 7.61. The second kappa shape index (κ2) is 6.17. The smallest absolute Gasteiger partial charge is 0.251 e. The van der Waals surface area contributed by atoms with Crippen LogP contribution in [0.1, 0.15) is 36.0 Å². The van der Waals surface area contributed by atoms with Crippen LogP contribution in [0.2, 0.25) is 0 Å². The Labute approximate surface area is 128 Å². The van der Waals surface area contributed by atoms with Crippen LogP contribution in [0.3, 0.4) is 0 Å². The van der Waals surface area contributed by atoms with Gasteiger partial charge in [-0.15, -0.1) is 0 Å². The van der Waals surface area contributed by atoms with Crippen LogP contribution in [0.4, 0.5) is 5.69 Å². The quantitative estimate of drug-likeness (QED) is 0.845. The molecule has 1 heterocycles. The summed E-state index contributed by atoms with van der Waals surface area (Å²) in [7, 11) is 0. The van der Waals surface area contributed by atoms with E-state index >= 15 is 0 Å². The third kappa shape index (κ3) is 3.44. The predicted molar refractivity (Wildman–Crippen MR) is 81.5 cm³/mol. The average molecular weight is 301 g/mol. The van der Waals surface area contributed by atoms with Crippen molar-refractivity contribution in [2.75, 3.05) is 18.0 Å². The second-order valence-corrected chi connectivity index (χ2v) is 5.72. The van der Waals surface area contributed by atoms with Gasteiger partial charge in [0.05, 0.1) is 6.54 Å². The summed E-state index contributed by atoms with van der Waals surface area (Å²) in [5.74, 6) is -0.325. The van der Waals surface area contributed by atoms with Crippen LogP contribution < -0.4 is 15.5 Å². The SMILES string of the molecule is O=C(CNC(=O)c1ccc(N2CCCC2=O)cc1)NC1CC1. The molecule has 1 saturated heterocycles. The van der Waals surface area contributed by atoms with Gasteiger partial charge in [-0.05, 0) is 43.5 Å². The number of amides is 3. The molecule has 3 rings (SSSR count). The number of benzene rings is 1. The highest BCUT2D eigenvalue weighted by atomic mass is 16.2. The van der Waals surface area contributed by atoms with Crippen LogP contribution in [-0.4, -0.2) is 36.9 Å².